The van der Waals surface area contributed by atoms with Crippen LogP contribution in [0.5, 0.6) is 0 Å². The Kier molecular flexibility index (Phi) is 4.06. The number of rotatable bonds is 5. The minimum Gasteiger partial charge on any atom is -0.369 e. The second-order valence-corrected chi connectivity index (χ2v) is 2.98. The van der Waals surface area contributed by atoms with Crippen LogP contribution in [0.25, 0.3) is 0 Å². The summed E-state index contributed by atoms with van der Waals surface area (Å²) in [6.07, 6.45) is 1.26. The first-order chi connectivity index (χ1) is 6.68. The van der Waals surface area contributed by atoms with Crippen LogP contribution in [0.15, 0.2) is 10.9 Å². The molecule has 0 fully saturated rings. The monoisotopic (exact) mass is 199 g/mol. The maximum absolute atomic E-state index is 11.1. The maximum atomic E-state index is 11.1. The van der Waals surface area contributed by atoms with Crippen LogP contribution in [0, 0.1) is 0 Å². The minimum atomic E-state index is -0.191. The highest BCUT2D eigenvalue weighted by molar-refractivity contribution is 5.77. The lowest BCUT2D eigenvalue weighted by Crippen LogP contribution is -2.28. The van der Waals surface area contributed by atoms with Gasteiger partial charge < -0.3 is 14.6 Å². The molecule has 0 saturated carbocycles. The second-order valence-electron chi connectivity index (χ2n) is 2.98. The number of ether oxygens (including phenoxy) is 1. The van der Waals surface area contributed by atoms with Gasteiger partial charge in [-0.05, 0) is 13.8 Å². The largest absolute Gasteiger partial charge is 0.369 e. The van der Waals surface area contributed by atoms with E-state index in [4.69, 9.17) is 4.74 Å². The van der Waals surface area contributed by atoms with Crippen molar-refractivity contribution in [1.82, 2.24) is 15.5 Å². The van der Waals surface area contributed by atoms with Gasteiger partial charge in [0.05, 0.1) is 12.6 Å². The van der Waals surface area contributed by atoms with Gasteiger partial charge in [0, 0.05) is 0 Å². The van der Waals surface area contributed by atoms with Crippen LogP contribution in [0.3, 0.4) is 0 Å². The zero-order chi connectivity index (χ0) is 10.4. The predicted octanol–water partition coefficient (Wildman–Crippen LogP) is 0.111. The smallest absolute Gasteiger partial charge is 0.246 e. The van der Waals surface area contributed by atoms with Crippen LogP contribution in [0.1, 0.15) is 19.7 Å². The molecule has 0 spiro atoms. The van der Waals surface area contributed by atoms with Gasteiger partial charge in [0.25, 0.3) is 0 Å². The number of aromatic nitrogens is 2. The van der Waals surface area contributed by atoms with E-state index in [-0.39, 0.29) is 25.2 Å². The number of carbonyl (C=O) groups is 1. The van der Waals surface area contributed by atoms with Crippen LogP contribution in [0.2, 0.25) is 0 Å². The molecule has 0 saturated heterocycles. The lowest BCUT2D eigenvalue weighted by atomic mass is 10.5. The molecule has 0 aromatic carbocycles. The Bertz CT molecular complexity index is 271. The van der Waals surface area contributed by atoms with E-state index in [1.54, 1.807) is 0 Å². The molecule has 0 unspecified atom stereocenters. The summed E-state index contributed by atoms with van der Waals surface area (Å²) in [5.41, 5.74) is 0. The van der Waals surface area contributed by atoms with Gasteiger partial charge in [-0.1, -0.05) is 5.16 Å². The van der Waals surface area contributed by atoms with Crippen molar-refractivity contribution < 1.29 is 14.1 Å². The molecule has 1 aromatic heterocycles. The first kappa shape index (κ1) is 10.6. The van der Waals surface area contributed by atoms with Gasteiger partial charge in [-0.15, -0.1) is 0 Å². The van der Waals surface area contributed by atoms with Crippen molar-refractivity contribution >= 4 is 5.91 Å². The van der Waals surface area contributed by atoms with Crippen LogP contribution in [-0.4, -0.2) is 28.8 Å². The number of hydrogen-bond acceptors (Lipinski definition) is 5. The van der Waals surface area contributed by atoms with Crippen molar-refractivity contribution in [2.24, 2.45) is 0 Å². The van der Waals surface area contributed by atoms with Gasteiger partial charge in [-0.3, -0.25) is 4.79 Å². The van der Waals surface area contributed by atoms with Crippen molar-refractivity contribution in [3.8, 4) is 0 Å². The van der Waals surface area contributed by atoms with Crippen molar-refractivity contribution in [2.45, 2.75) is 26.5 Å². The average molecular weight is 199 g/mol. The number of nitrogens with zero attached hydrogens (tertiary/aromatic N) is 2. The fraction of sp³-hybridized carbons (Fsp3) is 0.625. The summed E-state index contributed by atoms with van der Waals surface area (Å²) in [5, 5.41) is 6.13. The summed E-state index contributed by atoms with van der Waals surface area (Å²) in [7, 11) is 0. The second kappa shape index (κ2) is 5.33. The Hall–Kier alpha value is -1.43. The summed E-state index contributed by atoms with van der Waals surface area (Å²) in [6.45, 7) is 4.05. The Morgan fingerprint density at radius 2 is 2.50 bits per heavy atom. The topological polar surface area (TPSA) is 77.2 Å². The molecule has 78 valence electrons. The standard InChI is InChI=1S/C8H13N3O3/c1-6(2)13-4-8(12)9-3-7-10-5-14-11-7/h5-6H,3-4H2,1-2H3,(H,9,12). The number of nitrogens with one attached hydrogen (secondary N) is 1. The van der Waals surface area contributed by atoms with E-state index in [0.717, 1.165) is 0 Å². The van der Waals surface area contributed by atoms with Crippen LogP contribution < -0.4 is 5.32 Å². The molecular formula is C8H13N3O3. The number of amides is 1. The molecular weight excluding hydrogens is 186 g/mol. The van der Waals surface area contributed by atoms with Gasteiger partial charge in [0.2, 0.25) is 12.3 Å². The van der Waals surface area contributed by atoms with E-state index in [1.165, 1.54) is 6.39 Å². The van der Waals surface area contributed by atoms with Crippen molar-refractivity contribution in [3.05, 3.63) is 12.2 Å². The lowest BCUT2D eigenvalue weighted by Gasteiger charge is -2.06. The molecule has 14 heavy (non-hydrogen) atoms. The van der Waals surface area contributed by atoms with E-state index < -0.39 is 0 Å². The highest BCUT2D eigenvalue weighted by Crippen LogP contribution is 1.89. The Balaban J connectivity index is 2.15. The first-order valence-corrected chi connectivity index (χ1v) is 4.32. The summed E-state index contributed by atoms with van der Waals surface area (Å²) >= 11 is 0. The Labute approximate surface area is 81.6 Å². The molecule has 0 aliphatic rings. The van der Waals surface area contributed by atoms with Crippen LogP contribution in [-0.2, 0) is 16.1 Å². The predicted molar refractivity (Wildman–Crippen MR) is 47.2 cm³/mol. The zero-order valence-electron chi connectivity index (χ0n) is 8.19. The quantitative estimate of drug-likeness (QED) is 0.728. The first-order valence-electron chi connectivity index (χ1n) is 4.32. The fourth-order valence-corrected chi connectivity index (χ4v) is 0.741. The van der Waals surface area contributed by atoms with Gasteiger partial charge >= 0.3 is 0 Å². The highest BCUT2D eigenvalue weighted by Gasteiger charge is 2.04. The molecule has 1 N–H and O–H groups in total. The minimum absolute atomic E-state index is 0.0472. The summed E-state index contributed by atoms with van der Waals surface area (Å²) in [5.74, 6) is 0.256. The summed E-state index contributed by atoms with van der Waals surface area (Å²) < 4.78 is 9.60. The van der Waals surface area contributed by atoms with Crippen LogP contribution >= 0.6 is 0 Å². The highest BCUT2D eigenvalue weighted by atomic mass is 16.5. The van der Waals surface area contributed by atoms with Crippen molar-refractivity contribution in [1.29, 1.82) is 0 Å². The molecule has 1 heterocycles. The lowest BCUT2D eigenvalue weighted by molar-refractivity contribution is -0.127. The van der Waals surface area contributed by atoms with Crippen molar-refractivity contribution in [2.75, 3.05) is 6.61 Å². The third-order valence-corrected chi connectivity index (χ3v) is 1.40. The molecule has 0 aliphatic carbocycles. The summed E-state index contributed by atoms with van der Waals surface area (Å²) in [6, 6.07) is 0. The van der Waals surface area contributed by atoms with E-state index in [0.29, 0.717) is 5.82 Å². The molecule has 6 nitrogen and oxygen atoms in total. The third-order valence-electron chi connectivity index (χ3n) is 1.40. The van der Waals surface area contributed by atoms with Crippen molar-refractivity contribution in [3.63, 3.8) is 0 Å². The molecule has 0 bridgehead atoms. The summed E-state index contributed by atoms with van der Waals surface area (Å²) in [4.78, 5) is 14.9. The molecule has 0 radical (unpaired) electrons. The number of hydrogen-bond donors (Lipinski definition) is 1. The molecule has 1 aromatic rings. The molecule has 1 amide bonds. The van der Waals surface area contributed by atoms with Gasteiger partial charge in [0.15, 0.2) is 5.82 Å². The van der Waals surface area contributed by atoms with Gasteiger partial charge in [-0.25, -0.2) is 0 Å². The van der Waals surface area contributed by atoms with E-state index in [9.17, 15) is 4.79 Å². The zero-order valence-corrected chi connectivity index (χ0v) is 8.19. The van der Waals surface area contributed by atoms with Crippen LogP contribution in [0.4, 0.5) is 0 Å². The normalized spacial score (nSPS) is 10.5. The number of carbonyl (C=O) groups excluding carboxylic acids is 1. The maximum Gasteiger partial charge on any atom is 0.246 e. The molecule has 0 atom stereocenters. The van der Waals surface area contributed by atoms with E-state index in [2.05, 4.69) is 20.0 Å². The molecule has 0 aliphatic heterocycles. The Morgan fingerprint density at radius 1 is 1.71 bits per heavy atom. The molecule has 6 heteroatoms. The average Bonchev–Trinajstić information content (AvgIpc) is 2.63. The van der Waals surface area contributed by atoms with Gasteiger partial charge in [0.1, 0.15) is 6.61 Å². The Morgan fingerprint density at radius 3 is 3.07 bits per heavy atom. The third kappa shape index (κ3) is 3.99. The SMILES string of the molecule is CC(C)OCC(=O)NCc1ncon1. The van der Waals surface area contributed by atoms with E-state index >= 15 is 0 Å². The fourth-order valence-electron chi connectivity index (χ4n) is 0.741. The van der Waals surface area contributed by atoms with Gasteiger partial charge in [-0.2, -0.15) is 4.98 Å². The molecule has 1 rings (SSSR count). The van der Waals surface area contributed by atoms with E-state index in [1.807, 2.05) is 13.8 Å².